The summed E-state index contributed by atoms with van der Waals surface area (Å²) < 4.78 is 29.7. The molecule has 0 aromatic carbocycles. The molecule has 0 bridgehead atoms. The van der Waals surface area contributed by atoms with Crippen LogP contribution in [-0.2, 0) is 14.9 Å². The zero-order valence-corrected chi connectivity index (χ0v) is 9.14. The second-order valence-corrected chi connectivity index (χ2v) is 5.04. The van der Waals surface area contributed by atoms with Crippen molar-refractivity contribution in [2.45, 2.75) is 6.04 Å². The maximum Gasteiger partial charge on any atom is 0.266 e. The molecule has 5 nitrogen and oxygen atoms in total. The predicted molar refractivity (Wildman–Crippen MR) is 52.4 cm³/mol. The molecule has 1 amide bonds. The van der Waals surface area contributed by atoms with Gasteiger partial charge in [-0.15, -0.1) is 0 Å². The summed E-state index contributed by atoms with van der Waals surface area (Å²) in [6, 6.07) is -0.470. The highest BCUT2D eigenvalue weighted by Crippen LogP contribution is 2.05. The maximum atomic E-state index is 10.5. The van der Waals surface area contributed by atoms with E-state index in [-0.39, 0.29) is 0 Å². The lowest BCUT2D eigenvalue weighted by atomic mass is 10.4. The molecule has 0 radical (unpaired) electrons. The maximum absolute atomic E-state index is 10.5. The van der Waals surface area contributed by atoms with Gasteiger partial charge in [-0.2, -0.15) is 20.2 Å². The Labute approximate surface area is 82.2 Å². The van der Waals surface area contributed by atoms with E-state index in [2.05, 4.69) is 0 Å². The number of thioether (sulfide) groups is 1. The zero-order chi connectivity index (χ0) is 10.5. The standard InChI is InChI=1S/C6H13NO4S2/c1-7(5-8)6(3-12-2)4-13(9,10)11/h5-6H,3-4H2,1-2H3,(H,9,10,11). The van der Waals surface area contributed by atoms with E-state index < -0.39 is 21.9 Å². The third kappa shape index (κ3) is 5.89. The number of hydrogen-bond donors (Lipinski definition) is 1. The fraction of sp³-hybridized carbons (Fsp3) is 0.833. The Balaban J connectivity index is 4.34. The number of carbonyl (C=O) groups is 1. The Morgan fingerprint density at radius 2 is 2.15 bits per heavy atom. The van der Waals surface area contributed by atoms with Gasteiger partial charge < -0.3 is 4.90 Å². The Morgan fingerprint density at radius 3 is 2.46 bits per heavy atom. The van der Waals surface area contributed by atoms with E-state index in [1.54, 1.807) is 6.26 Å². The molecule has 0 aromatic heterocycles. The lowest BCUT2D eigenvalue weighted by Crippen LogP contribution is -2.38. The van der Waals surface area contributed by atoms with Crippen LogP contribution in [0.4, 0.5) is 0 Å². The van der Waals surface area contributed by atoms with Crippen LogP contribution in [0.3, 0.4) is 0 Å². The fourth-order valence-corrected chi connectivity index (χ4v) is 2.53. The van der Waals surface area contributed by atoms with Crippen LogP contribution >= 0.6 is 11.8 Å². The van der Waals surface area contributed by atoms with Crippen molar-refractivity contribution in [3.05, 3.63) is 0 Å². The predicted octanol–water partition coefficient (Wildman–Crippen LogP) is -0.306. The highest BCUT2D eigenvalue weighted by molar-refractivity contribution is 7.98. The molecule has 0 fully saturated rings. The number of hydrogen-bond acceptors (Lipinski definition) is 4. The molecule has 1 atom stereocenters. The van der Waals surface area contributed by atoms with Crippen molar-refractivity contribution in [3.8, 4) is 0 Å². The Morgan fingerprint density at radius 1 is 1.62 bits per heavy atom. The van der Waals surface area contributed by atoms with Crippen molar-refractivity contribution in [3.63, 3.8) is 0 Å². The third-order valence-electron chi connectivity index (χ3n) is 1.50. The van der Waals surface area contributed by atoms with Gasteiger partial charge in [0, 0.05) is 12.8 Å². The van der Waals surface area contributed by atoms with Gasteiger partial charge in [-0.3, -0.25) is 9.35 Å². The lowest BCUT2D eigenvalue weighted by molar-refractivity contribution is -0.118. The van der Waals surface area contributed by atoms with E-state index in [0.717, 1.165) is 0 Å². The van der Waals surface area contributed by atoms with Crippen molar-refractivity contribution >= 4 is 28.3 Å². The Hall–Kier alpha value is -0.270. The summed E-state index contributed by atoms with van der Waals surface area (Å²) >= 11 is 1.42. The molecule has 1 N–H and O–H groups in total. The minimum atomic E-state index is -4.01. The highest BCUT2D eigenvalue weighted by atomic mass is 32.2. The van der Waals surface area contributed by atoms with E-state index in [9.17, 15) is 13.2 Å². The molecule has 0 aliphatic rings. The van der Waals surface area contributed by atoms with Crippen molar-refractivity contribution in [1.82, 2.24) is 4.90 Å². The molecule has 0 saturated heterocycles. The van der Waals surface area contributed by atoms with Gasteiger partial charge in [0.1, 0.15) is 0 Å². The molecule has 13 heavy (non-hydrogen) atoms. The van der Waals surface area contributed by atoms with Crippen molar-refractivity contribution in [1.29, 1.82) is 0 Å². The van der Waals surface area contributed by atoms with Crippen LogP contribution in [0.5, 0.6) is 0 Å². The first-order valence-corrected chi connectivity index (χ1v) is 6.52. The highest BCUT2D eigenvalue weighted by Gasteiger charge is 2.19. The zero-order valence-electron chi connectivity index (χ0n) is 7.50. The average Bonchev–Trinajstić information content (AvgIpc) is 2.00. The van der Waals surface area contributed by atoms with Gasteiger partial charge in [-0.05, 0) is 6.26 Å². The van der Waals surface area contributed by atoms with Gasteiger partial charge in [0.25, 0.3) is 10.1 Å². The van der Waals surface area contributed by atoms with Crippen LogP contribution in [0.15, 0.2) is 0 Å². The summed E-state index contributed by atoms with van der Waals surface area (Å²) in [5, 5.41) is 0. The van der Waals surface area contributed by atoms with Crippen molar-refractivity contribution in [2.24, 2.45) is 0 Å². The molecule has 0 aliphatic heterocycles. The molecule has 0 saturated carbocycles. The first-order chi connectivity index (χ1) is 5.90. The molecule has 0 spiro atoms. The summed E-state index contributed by atoms with van der Waals surface area (Å²) in [6.45, 7) is 0. The van der Waals surface area contributed by atoms with Crippen LogP contribution in [0.2, 0.25) is 0 Å². The molecule has 0 aliphatic carbocycles. The van der Waals surface area contributed by atoms with Gasteiger partial charge >= 0.3 is 0 Å². The molecule has 1 unspecified atom stereocenters. The number of nitrogens with zero attached hydrogens (tertiary/aromatic N) is 1. The first kappa shape index (κ1) is 12.7. The van der Waals surface area contributed by atoms with Crippen LogP contribution in [0.1, 0.15) is 0 Å². The van der Waals surface area contributed by atoms with Gasteiger partial charge in [0.15, 0.2) is 0 Å². The Kier molecular flexibility index (Phi) is 5.34. The number of carbonyl (C=O) groups excluding carboxylic acids is 1. The average molecular weight is 227 g/mol. The van der Waals surface area contributed by atoms with Gasteiger partial charge in [0.2, 0.25) is 6.41 Å². The number of amides is 1. The van der Waals surface area contributed by atoms with E-state index in [0.29, 0.717) is 12.2 Å². The Bertz CT molecular complexity index is 251. The lowest BCUT2D eigenvalue weighted by Gasteiger charge is -2.22. The minimum Gasteiger partial charge on any atom is -0.343 e. The van der Waals surface area contributed by atoms with Crippen molar-refractivity contribution in [2.75, 3.05) is 24.8 Å². The van der Waals surface area contributed by atoms with Gasteiger partial charge in [0.05, 0.1) is 11.8 Å². The normalized spacial score (nSPS) is 13.8. The van der Waals surface area contributed by atoms with Crippen LogP contribution < -0.4 is 0 Å². The fourth-order valence-electron chi connectivity index (χ4n) is 0.805. The quantitative estimate of drug-likeness (QED) is 0.498. The first-order valence-electron chi connectivity index (χ1n) is 3.52. The summed E-state index contributed by atoms with van der Waals surface area (Å²) in [4.78, 5) is 11.6. The third-order valence-corrected chi connectivity index (χ3v) is 3.03. The van der Waals surface area contributed by atoms with Crippen molar-refractivity contribution < 1.29 is 17.8 Å². The molecular weight excluding hydrogens is 214 g/mol. The smallest absolute Gasteiger partial charge is 0.266 e. The summed E-state index contributed by atoms with van der Waals surface area (Å²) in [5.74, 6) is 0.0676. The van der Waals surface area contributed by atoms with E-state index in [1.807, 2.05) is 0 Å². The largest absolute Gasteiger partial charge is 0.343 e. The summed E-state index contributed by atoms with van der Waals surface area (Å²) in [6.07, 6.45) is 2.35. The van der Waals surface area contributed by atoms with Crippen LogP contribution in [0, 0.1) is 0 Å². The second-order valence-electron chi connectivity index (χ2n) is 2.63. The molecule has 0 aromatic rings. The monoisotopic (exact) mass is 227 g/mol. The van der Waals surface area contributed by atoms with Crippen LogP contribution in [-0.4, -0.2) is 55.1 Å². The molecule has 0 heterocycles. The molecule has 0 rings (SSSR count). The topological polar surface area (TPSA) is 74.7 Å². The second kappa shape index (κ2) is 5.46. The summed E-state index contributed by atoms with van der Waals surface area (Å²) in [7, 11) is -2.53. The molecular formula is C6H13NO4S2. The minimum absolute atomic E-state index is 0.414. The van der Waals surface area contributed by atoms with Crippen LogP contribution in [0.25, 0.3) is 0 Å². The summed E-state index contributed by atoms with van der Waals surface area (Å²) in [5.41, 5.74) is 0. The van der Waals surface area contributed by atoms with E-state index in [4.69, 9.17) is 4.55 Å². The van der Waals surface area contributed by atoms with E-state index >= 15 is 0 Å². The molecule has 78 valence electrons. The van der Waals surface area contributed by atoms with Gasteiger partial charge in [-0.1, -0.05) is 0 Å². The van der Waals surface area contributed by atoms with Gasteiger partial charge in [-0.25, -0.2) is 0 Å². The number of rotatable bonds is 6. The van der Waals surface area contributed by atoms with E-state index in [1.165, 1.54) is 23.7 Å². The molecule has 7 heteroatoms. The SMILES string of the molecule is CSCC(CS(=O)(=O)O)N(C)C=O.